The van der Waals surface area contributed by atoms with Crippen LogP contribution in [0.25, 0.3) is 0 Å². The first-order chi connectivity index (χ1) is 12.0. The highest BCUT2D eigenvalue weighted by molar-refractivity contribution is 6.30. The third-order valence-corrected chi connectivity index (χ3v) is 4.37. The molecule has 1 amide bonds. The molecule has 8 heteroatoms. The molecule has 1 aromatic carbocycles. The minimum atomic E-state index is -0.632. The maximum absolute atomic E-state index is 14.0. The molecule has 0 bridgehead atoms. The highest BCUT2D eigenvalue weighted by atomic mass is 35.5. The van der Waals surface area contributed by atoms with E-state index in [9.17, 15) is 9.18 Å². The number of carbonyl (C=O) groups is 1. The summed E-state index contributed by atoms with van der Waals surface area (Å²) in [7, 11) is 0. The number of nitrogens with zero attached hydrogens (tertiary/aromatic N) is 5. The number of aromatic nitrogens is 2. The summed E-state index contributed by atoms with van der Waals surface area (Å²) < 4.78 is 14.0. The molecule has 2 aromatic rings. The summed E-state index contributed by atoms with van der Waals surface area (Å²) in [6.45, 7) is 3.23. The molecule has 1 aromatic heterocycles. The summed E-state index contributed by atoms with van der Waals surface area (Å²) in [6.07, 6.45) is 3.00. The van der Waals surface area contributed by atoms with Crippen molar-refractivity contribution in [1.82, 2.24) is 14.9 Å². The Morgan fingerprint density at radius 3 is 2.80 bits per heavy atom. The minimum absolute atomic E-state index is 0.00177. The van der Waals surface area contributed by atoms with Gasteiger partial charge in [0, 0.05) is 43.1 Å². The first-order valence-corrected chi connectivity index (χ1v) is 8.11. The number of amides is 1. The van der Waals surface area contributed by atoms with Crippen LogP contribution >= 0.6 is 11.6 Å². The minimum Gasteiger partial charge on any atom is -0.350 e. The third-order valence-electron chi connectivity index (χ3n) is 4.13. The van der Waals surface area contributed by atoms with E-state index in [4.69, 9.17) is 16.9 Å². The molecule has 0 radical (unpaired) electrons. The van der Waals surface area contributed by atoms with Gasteiger partial charge < -0.3 is 9.80 Å². The van der Waals surface area contributed by atoms with Crippen LogP contribution in [-0.4, -0.2) is 46.5 Å². The molecule has 1 aliphatic rings. The summed E-state index contributed by atoms with van der Waals surface area (Å²) in [4.78, 5) is 24.4. The number of benzene rings is 1. The van der Waals surface area contributed by atoms with Gasteiger partial charge in [-0.25, -0.2) is 14.4 Å². The molecule has 0 saturated carbocycles. The average Bonchev–Trinajstić information content (AvgIpc) is 2.61. The van der Waals surface area contributed by atoms with E-state index < -0.39 is 5.82 Å². The molecule has 1 unspecified atom stereocenters. The summed E-state index contributed by atoms with van der Waals surface area (Å²) >= 11 is 5.74. The zero-order valence-electron chi connectivity index (χ0n) is 13.5. The first-order valence-electron chi connectivity index (χ1n) is 7.73. The number of halogens is 2. The molecule has 128 valence electrons. The normalized spacial score (nSPS) is 17.3. The quantitative estimate of drug-likeness (QED) is 0.823. The highest BCUT2D eigenvalue weighted by Crippen LogP contribution is 2.22. The maximum atomic E-state index is 14.0. The van der Waals surface area contributed by atoms with E-state index in [0.29, 0.717) is 25.5 Å². The number of hydrogen-bond donors (Lipinski definition) is 0. The Labute approximate surface area is 149 Å². The van der Waals surface area contributed by atoms with Crippen molar-refractivity contribution in [2.24, 2.45) is 0 Å². The van der Waals surface area contributed by atoms with E-state index in [0.717, 1.165) is 6.07 Å². The van der Waals surface area contributed by atoms with E-state index >= 15 is 0 Å². The number of piperazine rings is 1. The highest BCUT2D eigenvalue weighted by Gasteiger charge is 2.31. The van der Waals surface area contributed by atoms with Crippen LogP contribution in [0.1, 0.15) is 23.0 Å². The first kappa shape index (κ1) is 17.1. The Kier molecular flexibility index (Phi) is 4.81. The van der Waals surface area contributed by atoms with Crippen molar-refractivity contribution in [2.45, 2.75) is 13.0 Å². The van der Waals surface area contributed by atoms with Gasteiger partial charge in [-0.1, -0.05) is 11.6 Å². The van der Waals surface area contributed by atoms with Crippen molar-refractivity contribution in [2.75, 3.05) is 24.5 Å². The van der Waals surface area contributed by atoms with Crippen LogP contribution in [0.4, 0.5) is 10.2 Å². The van der Waals surface area contributed by atoms with Gasteiger partial charge in [-0.05, 0) is 25.1 Å². The molecular formula is C17H15ClFN5O. The lowest BCUT2D eigenvalue weighted by atomic mass is 10.1. The van der Waals surface area contributed by atoms with Crippen molar-refractivity contribution in [3.63, 3.8) is 0 Å². The lowest BCUT2D eigenvalue weighted by Gasteiger charge is -2.40. The van der Waals surface area contributed by atoms with Crippen LogP contribution in [0.2, 0.25) is 5.02 Å². The second kappa shape index (κ2) is 7.03. The van der Waals surface area contributed by atoms with E-state index in [-0.39, 0.29) is 28.2 Å². The fourth-order valence-corrected chi connectivity index (χ4v) is 3.07. The Balaban J connectivity index is 1.78. The molecule has 1 aliphatic heterocycles. The number of carbonyl (C=O) groups excluding carboxylic acids is 1. The van der Waals surface area contributed by atoms with Crippen LogP contribution in [0, 0.1) is 17.1 Å². The zero-order chi connectivity index (χ0) is 18.0. The van der Waals surface area contributed by atoms with E-state index in [1.54, 1.807) is 4.90 Å². The molecular weight excluding hydrogens is 345 g/mol. The van der Waals surface area contributed by atoms with Gasteiger partial charge in [-0.3, -0.25) is 4.79 Å². The molecule has 2 heterocycles. The molecule has 1 saturated heterocycles. The van der Waals surface area contributed by atoms with Crippen molar-refractivity contribution in [1.29, 1.82) is 5.26 Å². The summed E-state index contributed by atoms with van der Waals surface area (Å²) in [5.74, 6) is -0.504. The average molecular weight is 360 g/mol. The van der Waals surface area contributed by atoms with Crippen LogP contribution < -0.4 is 4.90 Å². The zero-order valence-corrected chi connectivity index (χ0v) is 14.2. The third kappa shape index (κ3) is 3.39. The van der Waals surface area contributed by atoms with Crippen molar-refractivity contribution in [3.05, 3.63) is 52.7 Å². The Morgan fingerprint density at radius 1 is 1.36 bits per heavy atom. The summed E-state index contributed by atoms with van der Waals surface area (Å²) in [5, 5.41) is 9.41. The summed E-state index contributed by atoms with van der Waals surface area (Å²) in [5.41, 5.74) is 0.250. The van der Waals surface area contributed by atoms with Crippen LogP contribution in [0.5, 0.6) is 0 Å². The van der Waals surface area contributed by atoms with Gasteiger partial charge in [0.15, 0.2) is 11.5 Å². The lowest BCUT2D eigenvalue weighted by molar-refractivity contribution is 0.0669. The fraction of sp³-hybridized carbons (Fsp3) is 0.294. The van der Waals surface area contributed by atoms with Crippen molar-refractivity contribution in [3.8, 4) is 6.07 Å². The van der Waals surface area contributed by atoms with Crippen LogP contribution in [0.3, 0.4) is 0 Å². The number of rotatable bonds is 2. The lowest BCUT2D eigenvalue weighted by Crippen LogP contribution is -2.54. The molecule has 25 heavy (non-hydrogen) atoms. The van der Waals surface area contributed by atoms with Gasteiger partial charge in [0.05, 0.1) is 5.56 Å². The van der Waals surface area contributed by atoms with Gasteiger partial charge in [-0.2, -0.15) is 5.26 Å². The number of nitriles is 1. The molecule has 1 fully saturated rings. The predicted molar refractivity (Wildman–Crippen MR) is 90.9 cm³/mol. The van der Waals surface area contributed by atoms with E-state index in [2.05, 4.69) is 9.97 Å². The molecule has 1 atom stereocenters. The second-order valence-corrected chi connectivity index (χ2v) is 6.19. The second-order valence-electron chi connectivity index (χ2n) is 5.76. The van der Waals surface area contributed by atoms with Crippen molar-refractivity contribution < 1.29 is 9.18 Å². The largest absolute Gasteiger partial charge is 0.350 e. The van der Waals surface area contributed by atoms with Crippen molar-refractivity contribution >= 4 is 23.3 Å². The van der Waals surface area contributed by atoms with Gasteiger partial charge in [0.2, 0.25) is 0 Å². The molecule has 0 N–H and O–H groups in total. The van der Waals surface area contributed by atoms with Gasteiger partial charge in [0.1, 0.15) is 11.9 Å². The van der Waals surface area contributed by atoms with Gasteiger partial charge in [0.25, 0.3) is 5.91 Å². The van der Waals surface area contributed by atoms with E-state index in [1.165, 1.54) is 24.5 Å². The van der Waals surface area contributed by atoms with Crippen LogP contribution in [-0.2, 0) is 0 Å². The van der Waals surface area contributed by atoms with Gasteiger partial charge >= 0.3 is 0 Å². The predicted octanol–water partition coefficient (Wildman–Crippen LogP) is 2.49. The Hall–Kier alpha value is -2.72. The topological polar surface area (TPSA) is 73.1 Å². The number of hydrogen-bond acceptors (Lipinski definition) is 5. The summed E-state index contributed by atoms with van der Waals surface area (Å²) in [6, 6.07) is 5.88. The fourth-order valence-electron chi connectivity index (χ4n) is 2.91. The monoisotopic (exact) mass is 359 g/mol. The Bertz CT molecular complexity index is 853. The van der Waals surface area contributed by atoms with E-state index in [1.807, 2.05) is 17.9 Å². The molecule has 0 spiro atoms. The molecule has 6 nitrogen and oxygen atoms in total. The Morgan fingerprint density at radius 2 is 2.12 bits per heavy atom. The molecule has 0 aliphatic carbocycles. The standard InChI is InChI=1S/C17H15ClFN5O/c1-11-10-23(16-15(9-20)21-4-5-22-16)6-7-24(11)17(25)13-3-2-12(18)8-14(13)19/h2-5,8,11H,6-7,10H2,1H3. The maximum Gasteiger partial charge on any atom is 0.257 e. The van der Waals surface area contributed by atoms with Crippen LogP contribution in [0.15, 0.2) is 30.6 Å². The molecule has 3 rings (SSSR count). The SMILES string of the molecule is CC1CN(c2nccnc2C#N)CCN1C(=O)c1ccc(Cl)cc1F. The number of anilines is 1. The smallest absolute Gasteiger partial charge is 0.257 e. The van der Waals surface area contributed by atoms with Gasteiger partial charge in [-0.15, -0.1) is 0 Å².